The Morgan fingerprint density at radius 3 is 2.15 bits per heavy atom. The Labute approximate surface area is 123 Å². The number of amides is 1. The van der Waals surface area contributed by atoms with Crippen molar-refractivity contribution in [3.05, 3.63) is 35.4 Å². The highest BCUT2D eigenvalue weighted by atomic mass is 16.2. The minimum atomic E-state index is -0.559. The van der Waals surface area contributed by atoms with Gasteiger partial charge in [0.25, 0.3) is 0 Å². The lowest BCUT2D eigenvalue weighted by Crippen LogP contribution is -2.52. The summed E-state index contributed by atoms with van der Waals surface area (Å²) in [5.74, 6) is 0.373. The van der Waals surface area contributed by atoms with Gasteiger partial charge >= 0.3 is 0 Å². The monoisotopic (exact) mass is 276 g/mol. The minimum Gasteiger partial charge on any atom is -0.347 e. The predicted molar refractivity (Wildman–Crippen MR) is 84.7 cm³/mol. The molecule has 0 heterocycles. The van der Waals surface area contributed by atoms with Crippen LogP contribution in [0.15, 0.2) is 24.3 Å². The van der Waals surface area contributed by atoms with Crippen LogP contribution < -0.4 is 10.6 Å². The first-order valence-electron chi connectivity index (χ1n) is 7.40. The van der Waals surface area contributed by atoms with Crippen molar-refractivity contribution in [2.75, 3.05) is 7.05 Å². The van der Waals surface area contributed by atoms with E-state index in [9.17, 15) is 4.79 Å². The molecule has 0 bridgehead atoms. The molecule has 0 aliphatic heterocycles. The first kappa shape index (κ1) is 16.7. The molecular formula is C17H28N2O. The van der Waals surface area contributed by atoms with Gasteiger partial charge < -0.3 is 10.6 Å². The van der Waals surface area contributed by atoms with Gasteiger partial charge in [-0.25, -0.2) is 0 Å². The first-order valence-corrected chi connectivity index (χ1v) is 7.40. The highest BCUT2D eigenvalue weighted by Crippen LogP contribution is 2.23. The number of carbonyl (C=O) groups is 1. The van der Waals surface area contributed by atoms with E-state index in [0.717, 1.165) is 12.0 Å². The van der Waals surface area contributed by atoms with E-state index in [0.29, 0.717) is 5.92 Å². The zero-order valence-electron chi connectivity index (χ0n) is 13.6. The molecule has 112 valence electrons. The highest BCUT2D eigenvalue weighted by molar-refractivity contribution is 5.85. The van der Waals surface area contributed by atoms with Crippen LogP contribution in [0.5, 0.6) is 0 Å². The van der Waals surface area contributed by atoms with Crippen molar-refractivity contribution >= 4 is 5.91 Å². The van der Waals surface area contributed by atoms with E-state index in [4.69, 9.17) is 0 Å². The summed E-state index contributed by atoms with van der Waals surface area (Å²) in [6, 6.07) is 8.56. The topological polar surface area (TPSA) is 41.1 Å². The van der Waals surface area contributed by atoms with Crippen molar-refractivity contribution < 1.29 is 4.79 Å². The van der Waals surface area contributed by atoms with E-state index in [-0.39, 0.29) is 11.9 Å². The third-order valence-corrected chi connectivity index (χ3v) is 3.89. The Morgan fingerprint density at radius 1 is 1.20 bits per heavy atom. The molecular weight excluding hydrogens is 248 g/mol. The summed E-state index contributed by atoms with van der Waals surface area (Å²) in [7, 11) is 1.81. The van der Waals surface area contributed by atoms with E-state index in [1.54, 1.807) is 7.05 Å². The number of aryl methyl sites for hydroxylation is 1. The third kappa shape index (κ3) is 4.07. The average Bonchev–Trinajstić information content (AvgIpc) is 2.44. The summed E-state index contributed by atoms with van der Waals surface area (Å²) in [5.41, 5.74) is 1.92. The quantitative estimate of drug-likeness (QED) is 0.838. The Morgan fingerprint density at radius 2 is 1.75 bits per heavy atom. The normalized spacial score (nSPS) is 13.3. The van der Waals surface area contributed by atoms with Gasteiger partial charge in [0.2, 0.25) is 5.91 Å². The van der Waals surface area contributed by atoms with E-state index in [1.807, 2.05) is 13.8 Å². The van der Waals surface area contributed by atoms with Crippen LogP contribution in [-0.4, -0.2) is 18.5 Å². The SMILES string of the molecule is CCc1ccc(C(NC(=O)C(C)(C)NC)C(C)C)cc1. The third-order valence-electron chi connectivity index (χ3n) is 3.89. The van der Waals surface area contributed by atoms with Gasteiger partial charge in [0.15, 0.2) is 0 Å². The molecule has 1 aromatic rings. The highest BCUT2D eigenvalue weighted by Gasteiger charge is 2.28. The fraction of sp³-hybridized carbons (Fsp3) is 0.588. The summed E-state index contributed by atoms with van der Waals surface area (Å²) in [6.45, 7) is 10.2. The van der Waals surface area contributed by atoms with Gasteiger partial charge in [-0.15, -0.1) is 0 Å². The lowest BCUT2D eigenvalue weighted by atomic mass is 9.93. The van der Waals surface area contributed by atoms with Crippen molar-refractivity contribution in [3.8, 4) is 0 Å². The molecule has 0 radical (unpaired) electrons. The van der Waals surface area contributed by atoms with Gasteiger partial charge in [0.05, 0.1) is 11.6 Å². The van der Waals surface area contributed by atoms with Crippen LogP contribution in [0.25, 0.3) is 0 Å². The summed E-state index contributed by atoms with van der Waals surface area (Å²) in [5, 5.41) is 6.20. The molecule has 0 saturated carbocycles. The number of hydrogen-bond acceptors (Lipinski definition) is 2. The summed E-state index contributed by atoms with van der Waals surface area (Å²) in [6.07, 6.45) is 1.03. The van der Waals surface area contributed by atoms with E-state index >= 15 is 0 Å². The van der Waals surface area contributed by atoms with E-state index in [1.165, 1.54) is 5.56 Å². The van der Waals surface area contributed by atoms with Crippen molar-refractivity contribution in [1.29, 1.82) is 0 Å². The van der Waals surface area contributed by atoms with Crippen molar-refractivity contribution in [3.63, 3.8) is 0 Å². The average molecular weight is 276 g/mol. The molecule has 1 rings (SSSR count). The number of benzene rings is 1. The largest absolute Gasteiger partial charge is 0.347 e. The number of hydrogen-bond donors (Lipinski definition) is 2. The number of nitrogens with one attached hydrogen (secondary N) is 2. The lowest BCUT2D eigenvalue weighted by molar-refractivity contribution is -0.127. The van der Waals surface area contributed by atoms with Gasteiger partial charge in [-0.2, -0.15) is 0 Å². The fourth-order valence-corrected chi connectivity index (χ4v) is 2.03. The second kappa shape index (κ2) is 6.89. The lowest BCUT2D eigenvalue weighted by Gasteiger charge is -2.29. The van der Waals surface area contributed by atoms with Crippen molar-refractivity contribution in [2.45, 2.75) is 52.6 Å². The van der Waals surface area contributed by atoms with Crippen LogP contribution in [0, 0.1) is 5.92 Å². The van der Waals surface area contributed by atoms with Crippen molar-refractivity contribution in [1.82, 2.24) is 10.6 Å². The predicted octanol–water partition coefficient (Wildman–Crippen LogP) is 3.06. The zero-order chi connectivity index (χ0) is 15.3. The molecule has 1 unspecified atom stereocenters. The second-order valence-corrected chi connectivity index (χ2v) is 6.17. The van der Waals surface area contributed by atoms with Crippen LogP contribution in [0.2, 0.25) is 0 Å². The summed E-state index contributed by atoms with van der Waals surface area (Å²) < 4.78 is 0. The zero-order valence-corrected chi connectivity index (χ0v) is 13.6. The Bertz CT molecular complexity index is 435. The van der Waals surface area contributed by atoms with Gasteiger partial charge in [-0.1, -0.05) is 45.0 Å². The van der Waals surface area contributed by atoms with E-state index < -0.39 is 5.54 Å². The molecule has 2 N–H and O–H groups in total. The molecule has 3 nitrogen and oxygen atoms in total. The molecule has 0 aliphatic carbocycles. The van der Waals surface area contributed by atoms with Gasteiger partial charge in [0, 0.05) is 0 Å². The molecule has 0 aromatic heterocycles. The van der Waals surface area contributed by atoms with Crippen LogP contribution in [0.1, 0.15) is 51.8 Å². The standard InChI is InChI=1S/C17H28N2O/c1-7-13-8-10-14(11-9-13)15(12(2)3)19-16(20)17(4,5)18-6/h8-12,15,18H,7H2,1-6H3,(H,19,20). The maximum atomic E-state index is 12.3. The Kier molecular flexibility index (Phi) is 5.75. The minimum absolute atomic E-state index is 0.0262. The van der Waals surface area contributed by atoms with Crippen LogP contribution in [0.4, 0.5) is 0 Å². The summed E-state index contributed by atoms with van der Waals surface area (Å²) in [4.78, 5) is 12.3. The molecule has 1 atom stereocenters. The molecule has 20 heavy (non-hydrogen) atoms. The smallest absolute Gasteiger partial charge is 0.240 e. The van der Waals surface area contributed by atoms with Crippen LogP contribution in [0.3, 0.4) is 0 Å². The maximum Gasteiger partial charge on any atom is 0.240 e. The molecule has 3 heteroatoms. The molecule has 1 amide bonds. The van der Waals surface area contributed by atoms with Gasteiger partial charge in [-0.05, 0) is 44.4 Å². The van der Waals surface area contributed by atoms with Crippen LogP contribution in [-0.2, 0) is 11.2 Å². The van der Waals surface area contributed by atoms with Crippen molar-refractivity contribution in [2.24, 2.45) is 5.92 Å². The molecule has 1 aromatic carbocycles. The van der Waals surface area contributed by atoms with Crippen LogP contribution >= 0.6 is 0 Å². The molecule has 0 saturated heterocycles. The molecule has 0 spiro atoms. The number of carbonyl (C=O) groups excluding carboxylic acids is 1. The Hall–Kier alpha value is -1.35. The fourth-order valence-electron chi connectivity index (χ4n) is 2.03. The second-order valence-electron chi connectivity index (χ2n) is 6.17. The van der Waals surface area contributed by atoms with Gasteiger partial charge in [-0.3, -0.25) is 4.79 Å². The van der Waals surface area contributed by atoms with Gasteiger partial charge in [0.1, 0.15) is 0 Å². The Balaban J connectivity index is 2.91. The molecule has 0 aliphatic rings. The first-order chi connectivity index (χ1) is 9.31. The van der Waals surface area contributed by atoms with E-state index in [2.05, 4.69) is 55.7 Å². The molecule has 0 fully saturated rings. The number of likely N-dealkylation sites (N-methyl/N-ethyl adjacent to an activating group) is 1. The maximum absolute atomic E-state index is 12.3. The summed E-state index contributed by atoms with van der Waals surface area (Å²) >= 11 is 0. The number of rotatable bonds is 6.